The van der Waals surface area contributed by atoms with E-state index in [9.17, 15) is 9.59 Å². The van der Waals surface area contributed by atoms with Crippen molar-refractivity contribution in [3.8, 4) is 0 Å². The number of hydrogen-bond donors (Lipinski definition) is 3. The number of rotatable bonds is 5. The molecule has 0 bridgehead atoms. The Hall–Kier alpha value is -3.64. The lowest BCUT2D eigenvalue weighted by Crippen LogP contribution is -2.43. The Kier molecular flexibility index (Phi) is 4.78. The summed E-state index contributed by atoms with van der Waals surface area (Å²) in [5.41, 5.74) is 4.54. The van der Waals surface area contributed by atoms with Crippen molar-refractivity contribution in [2.75, 3.05) is 10.2 Å². The summed E-state index contributed by atoms with van der Waals surface area (Å²) in [4.78, 5) is 26.8. The second kappa shape index (κ2) is 7.41. The molecular formula is C23H21N3O3. The van der Waals surface area contributed by atoms with Gasteiger partial charge in [0.1, 0.15) is 5.54 Å². The number of para-hydroxylation sites is 1. The molecule has 0 fully saturated rings. The average Bonchev–Trinajstić information content (AvgIpc) is 2.96. The van der Waals surface area contributed by atoms with Crippen LogP contribution in [0.1, 0.15) is 28.4 Å². The molecule has 3 aromatic rings. The van der Waals surface area contributed by atoms with Gasteiger partial charge in [-0.1, -0.05) is 48.5 Å². The Morgan fingerprint density at radius 3 is 2.31 bits per heavy atom. The maximum atomic E-state index is 13.5. The quantitative estimate of drug-likeness (QED) is 0.461. The summed E-state index contributed by atoms with van der Waals surface area (Å²) in [5, 5.41) is 12.1. The molecule has 6 nitrogen and oxygen atoms in total. The lowest BCUT2D eigenvalue weighted by molar-refractivity contribution is -0.121. The van der Waals surface area contributed by atoms with Crippen molar-refractivity contribution in [2.24, 2.45) is 0 Å². The van der Waals surface area contributed by atoms with Gasteiger partial charge in [-0.3, -0.25) is 14.8 Å². The molecule has 1 aliphatic heterocycles. The minimum absolute atomic E-state index is 0.0419. The molecule has 4 rings (SSSR count). The van der Waals surface area contributed by atoms with Crippen LogP contribution in [-0.2, 0) is 16.9 Å². The summed E-state index contributed by atoms with van der Waals surface area (Å²) in [6, 6.07) is 24.3. The first-order chi connectivity index (χ1) is 14.0. The van der Waals surface area contributed by atoms with Crippen LogP contribution >= 0.6 is 0 Å². The van der Waals surface area contributed by atoms with E-state index < -0.39 is 11.4 Å². The summed E-state index contributed by atoms with van der Waals surface area (Å²) in [7, 11) is 0. The molecule has 146 valence electrons. The van der Waals surface area contributed by atoms with Crippen LogP contribution in [0.15, 0.2) is 78.9 Å². The standard InChI is InChI=1S/C23H21N3O3/c1-23(24-18-13-11-17(12-14-18)21(27)25-29)19-9-5-6-10-20(19)26(22(23)28)15-16-7-3-2-4-8-16/h2-14,24,29H,15H2,1H3,(H,25,27). The Morgan fingerprint density at radius 1 is 0.966 bits per heavy atom. The Balaban J connectivity index is 1.66. The molecule has 6 heteroatoms. The number of amides is 2. The van der Waals surface area contributed by atoms with E-state index in [-0.39, 0.29) is 5.91 Å². The van der Waals surface area contributed by atoms with Gasteiger partial charge in [0.2, 0.25) is 0 Å². The molecule has 0 saturated heterocycles. The van der Waals surface area contributed by atoms with E-state index in [1.165, 1.54) is 0 Å². The normalized spacial score (nSPS) is 17.7. The van der Waals surface area contributed by atoms with Crippen LogP contribution in [0, 0.1) is 0 Å². The van der Waals surface area contributed by atoms with Gasteiger partial charge in [0.25, 0.3) is 11.8 Å². The van der Waals surface area contributed by atoms with Crippen LogP contribution < -0.4 is 15.7 Å². The molecule has 0 spiro atoms. The van der Waals surface area contributed by atoms with Gasteiger partial charge < -0.3 is 10.2 Å². The number of nitrogens with zero attached hydrogens (tertiary/aromatic N) is 1. The molecule has 3 aromatic carbocycles. The summed E-state index contributed by atoms with van der Waals surface area (Å²) >= 11 is 0. The van der Waals surface area contributed by atoms with E-state index in [0.717, 1.165) is 16.8 Å². The minimum Gasteiger partial charge on any atom is -0.368 e. The highest BCUT2D eigenvalue weighted by molar-refractivity contribution is 6.09. The Bertz CT molecular complexity index is 1050. The van der Waals surface area contributed by atoms with E-state index in [0.29, 0.717) is 17.8 Å². The zero-order valence-corrected chi connectivity index (χ0v) is 15.9. The summed E-state index contributed by atoms with van der Waals surface area (Å²) in [6.07, 6.45) is 0. The van der Waals surface area contributed by atoms with Crippen molar-refractivity contribution >= 4 is 23.2 Å². The molecular weight excluding hydrogens is 366 g/mol. The molecule has 2 amide bonds. The number of anilines is 2. The van der Waals surface area contributed by atoms with Crippen molar-refractivity contribution in [2.45, 2.75) is 19.0 Å². The fourth-order valence-electron chi connectivity index (χ4n) is 3.73. The van der Waals surface area contributed by atoms with Gasteiger partial charge >= 0.3 is 0 Å². The fraction of sp³-hybridized carbons (Fsp3) is 0.130. The third-order valence-corrected chi connectivity index (χ3v) is 5.23. The molecule has 3 N–H and O–H groups in total. The van der Waals surface area contributed by atoms with Crippen LogP contribution in [0.5, 0.6) is 0 Å². The fourth-order valence-corrected chi connectivity index (χ4v) is 3.73. The van der Waals surface area contributed by atoms with Crippen LogP contribution in [0.2, 0.25) is 0 Å². The van der Waals surface area contributed by atoms with Gasteiger partial charge in [-0.05, 0) is 42.8 Å². The predicted molar refractivity (Wildman–Crippen MR) is 111 cm³/mol. The maximum Gasteiger partial charge on any atom is 0.274 e. The third kappa shape index (κ3) is 3.34. The Morgan fingerprint density at radius 2 is 1.62 bits per heavy atom. The Labute approximate surface area is 168 Å². The summed E-state index contributed by atoms with van der Waals surface area (Å²) < 4.78 is 0. The molecule has 0 radical (unpaired) electrons. The third-order valence-electron chi connectivity index (χ3n) is 5.23. The second-order valence-electron chi connectivity index (χ2n) is 7.16. The second-order valence-corrected chi connectivity index (χ2v) is 7.16. The molecule has 29 heavy (non-hydrogen) atoms. The monoisotopic (exact) mass is 387 g/mol. The van der Waals surface area contributed by atoms with E-state index >= 15 is 0 Å². The number of carbonyl (C=O) groups is 2. The number of nitrogens with one attached hydrogen (secondary N) is 2. The van der Waals surface area contributed by atoms with Gasteiger partial charge in [-0.25, -0.2) is 5.48 Å². The zero-order chi connectivity index (χ0) is 20.4. The van der Waals surface area contributed by atoms with Crippen LogP contribution in [0.3, 0.4) is 0 Å². The van der Waals surface area contributed by atoms with Crippen molar-refractivity contribution in [1.82, 2.24) is 5.48 Å². The van der Waals surface area contributed by atoms with E-state index in [1.807, 2.05) is 61.5 Å². The lowest BCUT2D eigenvalue weighted by atomic mass is 9.93. The zero-order valence-electron chi connectivity index (χ0n) is 15.9. The van der Waals surface area contributed by atoms with Gasteiger partial charge in [0.05, 0.1) is 12.2 Å². The molecule has 0 aliphatic carbocycles. The van der Waals surface area contributed by atoms with E-state index in [4.69, 9.17) is 5.21 Å². The molecule has 0 saturated carbocycles. The van der Waals surface area contributed by atoms with Gasteiger partial charge in [0, 0.05) is 16.8 Å². The molecule has 1 heterocycles. The first kappa shape index (κ1) is 18.7. The highest BCUT2D eigenvalue weighted by Crippen LogP contribution is 2.42. The minimum atomic E-state index is -0.938. The molecule has 0 aromatic heterocycles. The summed E-state index contributed by atoms with van der Waals surface area (Å²) in [5.74, 6) is -0.626. The first-order valence-electron chi connectivity index (χ1n) is 9.31. The predicted octanol–water partition coefficient (Wildman–Crippen LogP) is 3.68. The van der Waals surface area contributed by atoms with Crippen molar-refractivity contribution in [1.29, 1.82) is 0 Å². The average molecular weight is 387 g/mol. The maximum absolute atomic E-state index is 13.5. The molecule has 1 unspecified atom stereocenters. The van der Waals surface area contributed by atoms with Crippen LogP contribution in [0.4, 0.5) is 11.4 Å². The molecule has 1 aliphatic rings. The number of benzene rings is 3. The highest BCUT2D eigenvalue weighted by Gasteiger charge is 2.47. The van der Waals surface area contributed by atoms with Crippen molar-refractivity contribution < 1.29 is 14.8 Å². The SMILES string of the molecule is CC1(Nc2ccc(C(=O)NO)cc2)C(=O)N(Cc2ccccc2)c2ccccc21. The van der Waals surface area contributed by atoms with Crippen molar-refractivity contribution in [3.63, 3.8) is 0 Å². The van der Waals surface area contributed by atoms with Gasteiger partial charge in [0.15, 0.2) is 0 Å². The number of carbonyl (C=O) groups excluding carboxylic acids is 2. The number of hydroxylamine groups is 1. The van der Waals surface area contributed by atoms with Gasteiger partial charge in [-0.2, -0.15) is 0 Å². The number of fused-ring (bicyclic) bond motifs is 1. The topological polar surface area (TPSA) is 81.7 Å². The summed E-state index contributed by atoms with van der Waals surface area (Å²) in [6.45, 7) is 2.36. The first-order valence-corrected chi connectivity index (χ1v) is 9.31. The smallest absolute Gasteiger partial charge is 0.274 e. The lowest BCUT2D eigenvalue weighted by Gasteiger charge is -2.27. The highest BCUT2D eigenvalue weighted by atomic mass is 16.5. The molecule has 1 atom stereocenters. The van der Waals surface area contributed by atoms with E-state index in [2.05, 4.69) is 5.32 Å². The van der Waals surface area contributed by atoms with Crippen LogP contribution in [0.25, 0.3) is 0 Å². The van der Waals surface area contributed by atoms with Crippen LogP contribution in [-0.4, -0.2) is 17.0 Å². The van der Waals surface area contributed by atoms with Crippen molar-refractivity contribution in [3.05, 3.63) is 95.6 Å². The van der Waals surface area contributed by atoms with E-state index in [1.54, 1.807) is 34.6 Å². The number of hydrogen-bond acceptors (Lipinski definition) is 4. The largest absolute Gasteiger partial charge is 0.368 e. The van der Waals surface area contributed by atoms with Gasteiger partial charge in [-0.15, -0.1) is 0 Å².